The molecule has 8 nitrogen and oxygen atoms in total. The van der Waals surface area contributed by atoms with E-state index in [1.165, 1.54) is 14.2 Å². The second-order valence-electron chi connectivity index (χ2n) is 8.09. The van der Waals surface area contributed by atoms with Crippen molar-refractivity contribution in [2.45, 2.75) is 12.4 Å². The van der Waals surface area contributed by atoms with Gasteiger partial charge in [-0.1, -0.05) is 0 Å². The van der Waals surface area contributed by atoms with Gasteiger partial charge in [-0.15, -0.1) is 0 Å². The van der Waals surface area contributed by atoms with Crippen molar-refractivity contribution in [3.05, 3.63) is 71.0 Å². The van der Waals surface area contributed by atoms with Crippen molar-refractivity contribution >= 4 is 37.9 Å². The minimum Gasteiger partial charge on any atom is -0.741 e. The SMILES string of the molecule is COc1ccc2c(C(=O)Oc3c(F)ccc(F)c3F)c3c(OC)ccc(C)c3[n+](C)c2c1.O=S(=O)([O-])C(F)(F)F. The summed E-state index contributed by atoms with van der Waals surface area (Å²) in [7, 11) is -1.31. The van der Waals surface area contributed by atoms with Crippen molar-refractivity contribution in [1.29, 1.82) is 0 Å². The number of aryl methyl sites for hydroxylation is 2. The Morgan fingerprint density at radius 1 is 0.950 bits per heavy atom. The molecule has 0 amide bonds. The third-order valence-electron chi connectivity index (χ3n) is 5.67. The zero-order valence-electron chi connectivity index (χ0n) is 21.0. The van der Waals surface area contributed by atoms with Gasteiger partial charge in [0.1, 0.15) is 23.9 Å². The lowest BCUT2D eigenvalue weighted by Gasteiger charge is -2.14. The van der Waals surface area contributed by atoms with Crippen LogP contribution in [0.1, 0.15) is 15.9 Å². The number of fused-ring (bicyclic) bond motifs is 2. The highest BCUT2D eigenvalue weighted by atomic mass is 32.2. The fourth-order valence-electron chi connectivity index (χ4n) is 3.86. The van der Waals surface area contributed by atoms with Crippen molar-refractivity contribution in [2.24, 2.45) is 7.05 Å². The summed E-state index contributed by atoms with van der Waals surface area (Å²) in [6.45, 7) is 1.86. The molecule has 0 spiro atoms. The first-order valence-electron chi connectivity index (χ1n) is 10.9. The van der Waals surface area contributed by atoms with Gasteiger partial charge in [0.2, 0.25) is 22.6 Å². The van der Waals surface area contributed by atoms with Crippen LogP contribution in [0.4, 0.5) is 26.3 Å². The van der Waals surface area contributed by atoms with Gasteiger partial charge in [0.15, 0.2) is 21.8 Å². The van der Waals surface area contributed by atoms with Crippen molar-refractivity contribution < 1.29 is 62.9 Å². The maximum absolute atomic E-state index is 14.2. The second-order valence-corrected chi connectivity index (χ2v) is 9.46. The summed E-state index contributed by atoms with van der Waals surface area (Å²) in [5.41, 5.74) is -3.53. The molecule has 0 bridgehead atoms. The van der Waals surface area contributed by atoms with Gasteiger partial charge in [0, 0.05) is 5.56 Å². The van der Waals surface area contributed by atoms with Crippen molar-refractivity contribution in [1.82, 2.24) is 0 Å². The molecule has 0 saturated heterocycles. The van der Waals surface area contributed by atoms with Crippen LogP contribution in [-0.4, -0.2) is 38.7 Å². The molecular weight excluding hydrogens is 572 g/mol. The van der Waals surface area contributed by atoms with Gasteiger partial charge < -0.3 is 18.8 Å². The molecule has 1 aromatic heterocycles. The van der Waals surface area contributed by atoms with E-state index in [0.717, 1.165) is 5.56 Å². The molecule has 0 aliphatic carbocycles. The number of aromatic nitrogens is 1. The van der Waals surface area contributed by atoms with Gasteiger partial charge in [-0.3, -0.25) is 0 Å². The Balaban J connectivity index is 0.000000482. The number of ether oxygens (including phenoxy) is 3. The summed E-state index contributed by atoms with van der Waals surface area (Å²) in [6, 6.07) is 9.85. The first-order valence-corrected chi connectivity index (χ1v) is 12.3. The van der Waals surface area contributed by atoms with Crippen LogP contribution in [-0.2, 0) is 17.2 Å². The van der Waals surface area contributed by atoms with Gasteiger partial charge in [-0.05, 0) is 43.3 Å². The summed E-state index contributed by atoms with van der Waals surface area (Å²) < 4.78 is 119. The molecule has 0 aliphatic heterocycles. The average molecular weight is 591 g/mol. The Morgan fingerprint density at radius 3 is 2.10 bits per heavy atom. The van der Waals surface area contributed by atoms with Gasteiger partial charge >= 0.3 is 11.5 Å². The Bertz CT molecular complexity index is 1740. The number of esters is 1. The molecule has 0 N–H and O–H groups in total. The van der Waals surface area contributed by atoms with E-state index < -0.39 is 44.8 Å². The molecule has 4 aromatic rings. The second kappa shape index (κ2) is 11.2. The highest BCUT2D eigenvalue weighted by Gasteiger charge is 2.37. The topological polar surface area (TPSA) is 106 Å². The van der Waals surface area contributed by atoms with E-state index in [1.54, 1.807) is 24.3 Å². The van der Waals surface area contributed by atoms with E-state index in [4.69, 9.17) is 27.2 Å². The van der Waals surface area contributed by atoms with Crippen molar-refractivity contribution in [2.75, 3.05) is 14.2 Å². The fourth-order valence-corrected chi connectivity index (χ4v) is 3.86. The lowest BCUT2D eigenvalue weighted by atomic mass is 9.98. The fraction of sp³-hybridized carbons (Fsp3) is 0.200. The summed E-state index contributed by atoms with van der Waals surface area (Å²) in [6.07, 6.45) is 0. The summed E-state index contributed by atoms with van der Waals surface area (Å²) in [5.74, 6) is -5.36. The molecule has 0 saturated carbocycles. The predicted octanol–water partition coefficient (Wildman–Crippen LogP) is 4.83. The number of rotatable bonds is 4. The molecule has 0 unspecified atom stereocenters. The summed E-state index contributed by atoms with van der Waals surface area (Å²) >= 11 is 0. The van der Waals surface area contributed by atoms with E-state index in [0.29, 0.717) is 45.4 Å². The first-order chi connectivity index (χ1) is 18.5. The minimum absolute atomic E-state index is 0.0272. The van der Waals surface area contributed by atoms with Crippen LogP contribution in [0.25, 0.3) is 21.8 Å². The molecule has 15 heteroatoms. The average Bonchev–Trinajstić information content (AvgIpc) is 2.88. The molecule has 214 valence electrons. The number of carbonyl (C=O) groups excluding carboxylic acids is 1. The number of carbonyl (C=O) groups is 1. The maximum Gasteiger partial charge on any atom is 0.485 e. The molecule has 1 heterocycles. The zero-order chi connectivity index (χ0) is 30.2. The Kier molecular flexibility index (Phi) is 8.50. The molecule has 0 fully saturated rings. The molecule has 0 aliphatic rings. The molecule has 0 radical (unpaired) electrons. The Hall–Kier alpha value is -4.11. The van der Waals surface area contributed by atoms with Gasteiger partial charge in [-0.25, -0.2) is 22.0 Å². The molecule has 0 atom stereocenters. The van der Waals surface area contributed by atoms with E-state index in [9.17, 15) is 31.1 Å². The third-order valence-corrected chi connectivity index (χ3v) is 6.23. The van der Waals surface area contributed by atoms with Crippen LogP contribution in [0.2, 0.25) is 0 Å². The molecule has 40 heavy (non-hydrogen) atoms. The predicted molar refractivity (Wildman–Crippen MR) is 127 cm³/mol. The Morgan fingerprint density at radius 2 is 1.55 bits per heavy atom. The zero-order valence-corrected chi connectivity index (χ0v) is 21.8. The van der Waals surface area contributed by atoms with E-state index in [-0.39, 0.29) is 5.56 Å². The van der Waals surface area contributed by atoms with Gasteiger partial charge in [0.25, 0.3) is 0 Å². The normalized spacial score (nSPS) is 11.7. The van der Waals surface area contributed by atoms with Crippen LogP contribution < -0.4 is 18.8 Å². The van der Waals surface area contributed by atoms with Crippen molar-refractivity contribution in [3.63, 3.8) is 0 Å². The van der Waals surface area contributed by atoms with Crippen LogP contribution in [0, 0.1) is 24.4 Å². The number of halogens is 6. The number of benzene rings is 3. The number of alkyl halides is 3. The summed E-state index contributed by atoms with van der Waals surface area (Å²) in [4.78, 5) is 13.3. The number of nitrogens with zero attached hydrogens (tertiary/aromatic N) is 1. The minimum atomic E-state index is -6.09. The monoisotopic (exact) mass is 591 g/mol. The van der Waals surface area contributed by atoms with Crippen LogP contribution in [0.3, 0.4) is 0 Å². The lowest BCUT2D eigenvalue weighted by molar-refractivity contribution is -0.617. The van der Waals surface area contributed by atoms with E-state index in [1.807, 2.05) is 24.6 Å². The maximum atomic E-state index is 14.2. The quantitative estimate of drug-likeness (QED) is 0.0489. The van der Waals surface area contributed by atoms with Crippen molar-refractivity contribution in [3.8, 4) is 17.2 Å². The summed E-state index contributed by atoms with van der Waals surface area (Å²) in [5, 5.41) is 0.835. The largest absolute Gasteiger partial charge is 0.741 e. The van der Waals surface area contributed by atoms with Crippen LogP contribution in [0.5, 0.6) is 17.2 Å². The Labute approximate surface area is 223 Å². The number of hydrogen-bond donors (Lipinski definition) is 0. The molecule has 3 aromatic carbocycles. The van der Waals surface area contributed by atoms with Gasteiger partial charge in [0.05, 0.1) is 31.2 Å². The standard InChI is InChI=1S/C24H19F3NO4.CHF3O3S/c1-12-5-10-18(31-4)20-19(24(29)32-23-16(26)9-8-15(25)21(23)27)14-7-6-13(30-3)11-17(14)28(2)22(12)20;2-1(3,4)8(5,6)7/h5-11H,1-4H3;(H,5,6,7)/q+1;/p-1. The number of hydrogen-bond acceptors (Lipinski definition) is 7. The van der Waals surface area contributed by atoms with E-state index >= 15 is 0 Å². The third kappa shape index (κ3) is 5.74. The van der Waals surface area contributed by atoms with Crippen LogP contribution >= 0.6 is 0 Å². The highest BCUT2D eigenvalue weighted by molar-refractivity contribution is 7.86. The number of pyridine rings is 1. The van der Waals surface area contributed by atoms with E-state index in [2.05, 4.69) is 0 Å². The lowest BCUT2D eigenvalue weighted by Crippen LogP contribution is -2.32. The number of methoxy groups -OCH3 is 2. The van der Waals surface area contributed by atoms with Gasteiger partial charge in [-0.2, -0.15) is 22.1 Å². The highest BCUT2D eigenvalue weighted by Crippen LogP contribution is 2.36. The first kappa shape index (κ1) is 30.4. The molecule has 4 rings (SSSR count). The molecular formula is C25H19F6NO7S. The smallest absolute Gasteiger partial charge is 0.485 e. The van der Waals surface area contributed by atoms with Crippen LogP contribution in [0.15, 0.2) is 42.5 Å².